The summed E-state index contributed by atoms with van der Waals surface area (Å²) in [4.78, 5) is 7.05. The van der Waals surface area contributed by atoms with E-state index in [1.165, 1.54) is 12.1 Å². The van der Waals surface area contributed by atoms with Gasteiger partial charge in [0.05, 0.1) is 22.2 Å². The van der Waals surface area contributed by atoms with Crippen LogP contribution in [0.4, 0.5) is 13.2 Å². The van der Waals surface area contributed by atoms with Gasteiger partial charge < -0.3 is 10.1 Å². The van der Waals surface area contributed by atoms with Crippen molar-refractivity contribution < 1.29 is 18.3 Å². The molecule has 2 aromatic carbocycles. The molecule has 3 rings (SSSR count). The van der Waals surface area contributed by atoms with Crippen molar-refractivity contribution in [3.63, 3.8) is 0 Å². The Balaban J connectivity index is 2.15. The number of aromatic hydroxyl groups is 1. The van der Waals surface area contributed by atoms with Gasteiger partial charge in [0.2, 0.25) is 0 Å². The van der Waals surface area contributed by atoms with E-state index in [-0.39, 0.29) is 11.3 Å². The quantitative estimate of drug-likeness (QED) is 0.704. The molecule has 0 fully saturated rings. The van der Waals surface area contributed by atoms with Crippen molar-refractivity contribution in [1.29, 1.82) is 0 Å². The number of aromatic nitrogens is 2. The van der Waals surface area contributed by atoms with Gasteiger partial charge in [-0.3, -0.25) is 0 Å². The van der Waals surface area contributed by atoms with Gasteiger partial charge in [-0.05, 0) is 37.3 Å². The molecule has 0 amide bonds. The van der Waals surface area contributed by atoms with Gasteiger partial charge in [0.1, 0.15) is 11.6 Å². The molecule has 0 saturated heterocycles. The maximum absolute atomic E-state index is 12.7. The molecule has 2 N–H and O–H groups in total. The molecule has 0 radical (unpaired) electrons. The van der Waals surface area contributed by atoms with Gasteiger partial charge in [0.25, 0.3) is 0 Å². The molecule has 1 heterocycles. The van der Waals surface area contributed by atoms with E-state index in [4.69, 9.17) is 0 Å². The highest BCUT2D eigenvalue weighted by molar-refractivity contribution is 5.81. The number of hydrogen-bond acceptors (Lipinski definition) is 2. The number of alkyl halides is 3. The number of imidazole rings is 1. The number of benzene rings is 2. The number of nitrogens with one attached hydrogen (secondary N) is 1. The van der Waals surface area contributed by atoms with Gasteiger partial charge in [0, 0.05) is 0 Å². The molecule has 0 saturated carbocycles. The van der Waals surface area contributed by atoms with Crippen LogP contribution in [0.15, 0.2) is 36.4 Å². The number of H-pyrrole nitrogens is 1. The van der Waals surface area contributed by atoms with Gasteiger partial charge in [-0.25, -0.2) is 4.98 Å². The molecule has 0 aliphatic carbocycles. The van der Waals surface area contributed by atoms with E-state index in [1.54, 1.807) is 12.1 Å². The van der Waals surface area contributed by atoms with Crippen LogP contribution in [0.1, 0.15) is 11.1 Å². The normalized spacial score (nSPS) is 12.0. The van der Waals surface area contributed by atoms with E-state index < -0.39 is 11.7 Å². The Morgan fingerprint density at radius 3 is 2.57 bits per heavy atom. The molecule has 6 heteroatoms. The molecule has 108 valence electrons. The summed E-state index contributed by atoms with van der Waals surface area (Å²) in [6.45, 7) is 1.85. The standard InChI is InChI=1S/C15H11F3N2O/c1-8-2-5-13(21)10(6-8)14-19-11-4-3-9(15(16,17)18)7-12(11)20-14/h2-7,21H,1H3,(H,19,20). The van der Waals surface area contributed by atoms with Crippen LogP contribution < -0.4 is 0 Å². The average molecular weight is 292 g/mol. The fraction of sp³-hybridized carbons (Fsp3) is 0.133. The van der Waals surface area contributed by atoms with Crippen molar-refractivity contribution in [2.24, 2.45) is 0 Å². The van der Waals surface area contributed by atoms with Crippen LogP contribution in [0.2, 0.25) is 0 Å². The van der Waals surface area contributed by atoms with Gasteiger partial charge in [-0.1, -0.05) is 11.6 Å². The Labute approximate surface area is 118 Å². The number of phenolic OH excluding ortho intramolecular Hbond substituents is 1. The zero-order valence-electron chi connectivity index (χ0n) is 11.0. The van der Waals surface area contributed by atoms with E-state index in [0.29, 0.717) is 16.9 Å². The molecule has 0 aliphatic rings. The predicted octanol–water partition coefficient (Wildman–Crippen LogP) is 4.26. The number of rotatable bonds is 1. The summed E-state index contributed by atoms with van der Waals surface area (Å²) in [6, 6.07) is 8.30. The molecule has 0 spiro atoms. The first-order valence-electron chi connectivity index (χ1n) is 6.21. The molecule has 0 atom stereocenters. The highest BCUT2D eigenvalue weighted by atomic mass is 19.4. The lowest BCUT2D eigenvalue weighted by Crippen LogP contribution is -2.04. The van der Waals surface area contributed by atoms with E-state index in [0.717, 1.165) is 17.7 Å². The van der Waals surface area contributed by atoms with Crippen LogP contribution in [-0.4, -0.2) is 15.1 Å². The minimum absolute atomic E-state index is 0.0238. The monoisotopic (exact) mass is 292 g/mol. The first-order valence-corrected chi connectivity index (χ1v) is 6.21. The second kappa shape index (κ2) is 4.51. The lowest BCUT2D eigenvalue weighted by molar-refractivity contribution is -0.137. The molecule has 1 aromatic heterocycles. The summed E-state index contributed by atoms with van der Waals surface area (Å²) >= 11 is 0. The number of phenols is 1. The van der Waals surface area contributed by atoms with E-state index >= 15 is 0 Å². The maximum atomic E-state index is 12.7. The summed E-state index contributed by atoms with van der Waals surface area (Å²) in [5.74, 6) is 0.362. The number of nitrogens with zero attached hydrogens (tertiary/aromatic N) is 1. The number of aromatic amines is 1. The van der Waals surface area contributed by atoms with E-state index in [2.05, 4.69) is 9.97 Å². The number of halogens is 3. The molecular formula is C15H11F3N2O. The molecular weight excluding hydrogens is 281 g/mol. The third-order valence-corrected chi connectivity index (χ3v) is 3.22. The highest BCUT2D eigenvalue weighted by Gasteiger charge is 2.30. The first-order chi connectivity index (χ1) is 9.84. The van der Waals surface area contributed by atoms with Crippen LogP contribution in [0.5, 0.6) is 5.75 Å². The zero-order valence-corrected chi connectivity index (χ0v) is 11.0. The largest absolute Gasteiger partial charge is 0.507 e. The summed E-state index contributed by atoms with van der Waals surface area (Å²) < 4.78 is 38.1. The molecule has 0 bridgehead atoms. The van der Waals surface area contributed by atoms with Crippen LogP contribution in [0, 0.1) is 6.92 Å². The maximum Gasteiger partial charge on any atom is 0.416 e. The molecule has 3 aromatic rings. The Bertz CT molecular complexity index is 821. The van der Waals surface area contributed by atoms with Gasteiger partial charge in [-0.15, -0.1) is 0 Å². The predicted molar refractivity (Wildman–Crippen MR) is 72.9 cm³/mol. The fourth-order valence-corrected chi connectivity index (χ4v) is 2.15. The number of fused-ring (bicyclic) bond motifs is 1. The van der Waals surface area contributed by atoms with Crippen molar-refractivity contribution >= 4 is 11.0 Å². The van der Waals surface area contributed by atoms with Crippen LogP contribution in [0.25, 0.3) is 22.4 Å². The van der Waals surface area contributed by atoms with E-state index in [1.807, 2.05) is 6.92 Å². The van der Waals surface area contributed by atoms with Gasteiger partial charge in [-0.2, -0.15) is 13.2 Å². The van der Waals surface area contributed by atoms with Crippen molar-refractivity contribution in [3.8, 4) is 17.1 Å². The van der Waals surface area contributed by atoms with Crippen LogP contribution in [0.3, 0.4) is 0 Å². The SMILES string of the molecule is Cc1ccc(O)c(-c2nc3ccc(C(F)(F)F)cc3[nH]2)c1. The first kappa shape index (κ1) is 13.5. The third kappa shape index (κ3) is 2.44. The molecule has 3 nitrogen and oxygen atoms in total. The summed E-state index contributed by atoms with van der Waals surface area (Å²) in [5, 5.41) is 9.86. The minimum Gasteiger partial charge on any atom is -0.507 e. The lowest BCUT2D eigenvalue weighted by Gasteiger charge is -2.05. The van der Waals surface area contributed by atoms with Crippen molar-refractivity contribution in [2.45, 2.75) is 13.1 Å². The van der Waals surface area contributed by atoms with E-state index in [9.17, 15) is 18.3 Å². The second-order valence-electron chi connectivity index (χ2n) is 4.84. The molecule has 0 unspecified atom stereocenters. The highest BCUT2D eigenvalue weighted by Crippen LogP contribution is 2.33. The number of aryl methyl sites for hydroxylation is 1. The topological polar surface area (TPSA) is 48.9 Å². The van der Waals surface area contributed by atoms with Crippen molar-refractivity contribution in [2.75, 3.05) is 0 Å². The zero-order chi connectivity index (χ0) is 15.2. The Hall–Kier alpha value is -2.50. The summed E-state index contributed by atoms with van der Waals surface area (Å²) in [6.07, 6.45) is -4.40. The van der Waals surface area contributed by atoms with Crippen LogP contribution in [-0.2, 0) is 6.18 Å². The Morgan fingerprint density at radius 2 is 1.86 bits per heavy atom. The molecule has 21 heavy (non-hydrogen) atoms. The Morgan fingerprint density at radius 1 is 1.10 bits per heavy atom. The lowest BCUT2D eigenvalue weighted by atomic mass is 10.1. The van der Waals surface area contributed by atoms with Gasteiger partial charge >= 0.3 is 6.18 Å². The van der Waals surface area contributed by atoms with Gasteiger partial charge in [0.15, 0.2) is 0 Å². The molecule has 0 aliphatic heterocycles. The average Bonchev–Trinajstić information content (AvgIpc) is 2.83. The fourth-order valence-electron chi connectivity index (χ4n) is 2.15. The second-order valence-corrected chi connectivity index (χ2v) is 4.84. The van der Waals surface area contributed by atoms with Crippen molar-refractivity contribution in [3.05, 3.63) is 47.5 Å². The smallest absolute Gasteiger partial charge is 0.416 e. The third-order valence-electron chi connectivity index (χ3n) is 3.22. The number of hydrogen-bond donors (Lipinski definition) is 2. The summed E-state index contributed by atoms with van der Waals surface area (Å²) in [5.41, 5.74) is 1.33. The Kier molecular flexibility index (Phi) is 2.90. The van der Waals surface area contributed by atoms with Crippen LogP contribution >= 0.6 is 0 Å². The summed E-state index contributed by atoms with van der Waals surface area (Å²) in [7, 11) is 0. The minimum atomic E-state index is -4.40. The van der Waals surface area contributed by atoms with Crippen molar-refractivity contribution in [1.82, 2.24) is 9.97 Å².